The highest BCUT2D eigenvalue weighted by atomic mass is 16.7. The van der Waals surface area contributed by atoms with E-state index in [-0.39, 0.29) is 24.5 Å². The van der Waals surface area contributed by atoms with Crippen molar-refractivity contribution in [3.63, 3.8) is 0 Å². The van der Waals surface area contributed by atoms with Gasteiger partial charge in [0.2, 0.25) is 0 Å². The predicted octanol–water partition coefficient (Wildman–Crippen LogP) is 3.03. The molecular weight excluding hydrogens is 306 g/mol. The first-order chi connectivity index (χ1) is 11.1. The molecule has 0 unspecified atom stereocenters. The van der Waals surface area contributed by atoms with Crippen LogP contribution in [0.4, 0.5) is 0 Å². The predicted molar refractivity (Wildman–Crippen MR) is 92.4 cm³/mol. The van der Waals surface area contributed by atoms with E-state index >= 15 is 0 Å². The van der Waals surface area contributed by atoms with Crippen LogP contribution in [-0.2, 0) is 25.5 Å². The molecule has 1 N–H and O–H groups in total. The summed E-state index contributed by atoms with van der Waals surface area (Å²) in [7, 11) is 0. The number of benzene rings is 1. The topological polar surface area (TPSA) is 56.8 Å². The SMILES string of the molecule is CC(C)(C)OC(=O)C[C@H](NCc1ccccc1)[C@@H]1COC(C)(C)O1. The van der Waals surface area contributed by atoms with Crippen LogP contribution in [0.3, 0.4) is 0 Å². The molecule has 1 aromatic carbocycles. The third-order valence-corrected chi connectivity index (χ3v) is 3.70. The molecule has 1 fully saturated rings. The first-order valence-electron chi connectivity index (χ1n) is 8.45. The molecule has 0 aliphatic carbocycles. The minimum absolute atomic E-state index is 0.165. The molecule has 0 spiro atoms. The fraction of sp³-hybridized carbons (Fsp3) is 0.632. The minimum Gasteiger partial charge on any atom is -0.460 e. The van der Waals surface area contributed by atoms with Gasteiger partial charge in [0.1, 0.15) is 11.7 Å². The van der Waals surface area contributed by atoms with Crippen molar-refractivity contribution in [1.82, 2.24) is 5.32 Å². The highest BCUT2D eigenvalue weighted by molar-refractivity contribution is 5.70. The number of carbonyl (C=O) groups is 1. The number of nitrogens with one attached hydrogen (secondary N) is 1. The molecule has 0 radical (unpaired) electrons. The Balaban J connectivity index is 2.00. The van der Waals surface area contributed by atoms with E-state index in [2.05, 4.69) is 5.32 Å². The smallest absolute Gasteiger partial charge is 0.307 e. The van der Waals surface area contributed by atoms with E-state index < -0.39 is 11.4 Å². The number of ether oxygens (including phenoxy) is 3. The molecule has 134 valence electrons. The van der Waals surface area contributed by atoms with Gasteiger partial charge < -0.3 is 19.5 Å². The molecule has 0 aromatic heterocycles. The third kappa shape index (κ3) is 6.23. The second-order valence-corrected chi connectivity index (χ2v) is 7.63. The maximum absolute atomic E-state index is 12.2. The van der Waals surface area contributed by atoms with Crippen molar-refractivity contribution in [2.45, 2.75) is 71.1 Å². The van der Waals surface area contributed by atoms with Gasteiger partial charge in [0.25, 0.3) is 0 Å². The zero-order chi connectivity index (χ0) is 17.8. The van der Waals surface area contributed by atoms with Gasteiger partial charge in [-0.25, -0.2) is 0 Å². The van der Waals surface area contributed by atoms with Crippen LogP contribution < -0.4 is 5.32 Å². The highest BCUT2D eigenvalue weighted by Crippen LogP contribution is 2.26. The molecule has 2 rings (SSSR count). The van der Waals surface area contributed by atoms with Crippen LogP contribution in [0.2, 0.25) is 0 Å². The molecule has 1 heterocycles. The van der Waals surface area contributed by atoms with Crippen molar-refractivity contribution < 1.29 is 19.0 Å². The van der Waals surface area contributed by atoms with E-state index in [0.29, 0.717) is 13.2 Å². The summed E-state index contributed by atoms with van der Waals surface area (Å²) in [5.41, 5.74) is 0.665. The summed E-state index contributed by atoms with van der Waals surface area (Å²) >= 11 is 0. The fourth-order valence-corrected chi connectivity index (χ4v) is 2.66. The first-order valence-corrected chi connectivity index (χ1v) is 8.45. The van der Waals surface area contributed by atoms with Crippen molar-refractivity contribution in [3.05, 3.63) is 35.9 Å². The van der Waals surface area contributed by atoms with E-state index in [1.807, 2.05) is 65.0 Å². The largest absolute Gasteiger partial charge is 0.460 e. The monoisotopic (exact) mass is 335 g/mol. The Bertz CT molecular complexity index is 536. The molecule has 0 bridgehead atoms. The van der Waals surface area contributed by atoms with Crippen molar-refractivity contribution in [2.75, 3.05) is 6.61 Å². The summed E-state index contributed by atoms with van der Waals surface area (Å²) in [6.45, 7) is 10.5. The summed E-state index contributed by atoms with van der Waals surface area (Å²) < 4.78 is 17.0. The van der Waals surface area contributed by atoms with Gasteiger partial charge >= 0.3 is 5.97 Å². The van der Waals surface area contributed by atoms with Gasteiger partial charge in [-0.1, -0.05) is 30.3 Å². The van der Waals surface area contributed by atoms with Crippen LogP contribution >= 0.6 is 0 Å². The van der Waals surface area contributed by atoms with Crippen molar-refractivity contribution in [2.24, 2.45) is 0 Å². The number of hydrogen-bond acceptors (Lipinski definition) is 5. The zero-order valence-corrected chi connectivity index (χ0v) is 15.3. The van der Waals surface area contributed by atoms with Gasteiger partial charge in [0, 0.05) is 12.6 Å². The van der Waals surface area contributed by atoms with Crippen LogP contribution in [0.5, 0.6) is 0 Å². The molecule has 5 nitrogen and oxygen atoms in total. The lowest BCUT2D eigenvalue weighted by Gasteiger charge is -2.27. The Kier molecular flexibility index (Phi) is 6.01. The van der Waals surface area contributed by atoms with Gasteiger partial charge in [-0.3, -0.25) is 4.79 Å². The molecule has 5 heteroatoms. The number of carbonyl (C=O) groups excluding carboxylic acids is 1. The maximum atomic E-state index is 12.2. The van der Waals surface area contributed by atoms with Crippen molar-refractivity contribution in [3.8, 4) is 0 Å². The van der Waals surface area contributed by atoms with E-state index in [9.17, 15) is 4.79 Å². The molecule has 1 aliphatic rings. The fourth-order valence-electron chi connectivity index (χ4n) is 2.66. The second-order valence-electron chi connectivity index (χ2n) is 7.63. The van der Waals surface area contributed by atoms with Crippen LogP contribution in [-0.4, -0.2) is 36.1 Å². The lowest BCUT2D eigenvalue weighted by atomic mass is 10.1. The van der Waals surface area contributed by atoms with Gasteiger partial charge in [-0.05, 0) is 40.2 Å². The normalized spacial score (nSPS) is 21.5. The molecule has 1 aromatic rings. The first kappa shape index (κ1) is 18.9. The van der Waals surface area contributed by atoms with E-state index in [4.69, 9.17) is 14.2 Å². The Morgan fingerprint density at radius 3 is 2.54 bits per heavy atom. The van der Waals surface area contributed by atoms with Crippen LogP contribution in [0.1, 0.15) is 46.6 Å². The molecule has 2 atom stereocenters. The Hall–Kier alpha value is -1.43. The lowest BCUT2D eigenvalue weighted by Crippen LogP contribution is -2.44. The average Bonchev–Trinajstić information content (AvgIpc) is 2.83. The minimum atomic E-state index is -0.620. The van der Waals surface area contributed by atoms with Gasteiger partial charge in [0.15, 0.2) is 5.79 Å². The summed E-state index contributed by atoms with van der Waals surface area (Å²) in [6, 6.07) is 9.91. The quantitative estimate of drug-likeness (QED) is 0.810. The molecule has 0 saturated carbocycles. The second kappa shape index (κ2) is 7.64. The molecule has 24 heavy (non-hydrogen) atoms. The molecular formula is C19H29NO4. The van der Waals surface area contributed by atoms with E-state index in [1.54, 1.807) is 0 Å². The summed E-state index contributed by atoms with van der Waals surface area (Å²) in [4.78, 5) is 12.2. The van der Waals surface area contributed by atoms with E-state index in [0.717, 1.165) is 5.56 Å². The van der Waals surface area contributed by atoms with Crippen molar-refractivity contribution in [1.29, 1.82) is 0 Å². The van der Waals surface area contributed by atoms with Gasteiger partial charge in [-0.2, -0.15) is 0 Å². The molecule has 0 amide bonds. The Labute approximate surface area is 144 Å². The molecule has 1 saturated heterocycles. The van der Waals surface area contributed by atoms with Crippen LogP contribution in [0, 0.1) is 0 Å². The standard InChI is InChI=1S/C19H29NO4/c1-18(2,3)24-17(21)11-15(16-13-22-19(4,5)23-16)20-12-14-9-7-6-8-10-14/h6-10,15-16,20H,11-13H2,1-5H3/t15-,16-/m0/s1. The van der Waals surface area contributed by atoms with Crippen LogP contribution in [0.25, 0.3) is 0 Å². The van der Waals surface area contributed by atoms with Gasteiger partial charge in [-0.15, -0.1) is 0 Å². The summed E-state index contributed by atoms with van der Waals surface area (Å²) in [5, 5.41) is 3.43. The lowest BCUT2D eigenvalue weighted by molar-refractivity contribution is -0.159. The zero-order valence-electron chi connectivity index (χ0n) is 15.3. The highest BCUT2D eigenvalue weighted by Gasteiger charge is 2.38. The van der Waals surface area contributed by atoms with Crippen molar-refractivity contribution >= 4 is 5.97 Å². The third-order valence-electron chi connectivity index (χ3n) is 3.70. The van der Waals surface area contributed by atoms with E-state index in [1.165, 1.54) is 0 Å². The van der Waals surface area contributed by atoms with Crippen LogP contribution in [0.15, 0.2) is 30.3 Å². The Morgan fingerprint density at radius 1 is 1.33 bits per heavy atom. The Morgan fingerprint density at radius 2 is 2.00 bits per heavy atom. The summed E-state index contributed by atoms with van der Waals surface area (Å²) in [6.07, 6.45) is 0.0602. The summed E-state index contributed by atoms with van der Waals surface area (Å²) in [5.74, 6) is -0.855. The number of hydrogen-bond donors (Lipinski definition) is 1. The number of rotatable bonds is 6. The molecule has 1 aliphatic heterocycles. The average molecular weight is 335 g/mol. The number of esters is 1. The maximum Gasteiger partial charge on any atom is 0.307 e. The van der Waals surface area contributed by atoms with Gasteiger partial charge in [0.05, 0.1) is 13.0 Å².